The van der Waals surface area contributed by atoms with Gasteiger partial charge in [-0.25, -0.2) is 0 Å². The van der Waals surface area contributed by atoms with Crippen molar-refractivity contribution >= 4 is 23.2 Å². The summed E-state index contributed by atoms with van der Waals surface area (Å²) in [6.45, 7) is -0.297. The van der Waals surface area contributed by atoms with Gasteiger partial charge >= 0.3 is 6.18 Å². The fraction of sp³-hybridized carbons (Fsp3) is 0.429. The minimum Gasteiger partial charge on any atom is -0.479 e. The van der Waals surface area contributed by atoms with Crippen LogP contribution in [0.1, 0.15) is 18.4 Å². The fourth-order valence-electron chi connectivity index (χ4n) is 2.78. The molecule has 1 aromatic carbocycles. The second-order valence-electron chi connectivity index (χ2n) is 5.95. The zero-order valence-electron chi connectivity index (χ0n) is 11.2. The first-order valence-corrected chi connectivity index (χ1v) is 6.79. The number of carbonyl (C=O) groups is 2. The van der Waals surface area contributed by atoms with Gasteiger partial charge in [-0.15, -0.1) is 0 Å². The quantitative estimate of drug-likeness (QED) is 0.881. The lowest BCUT2D eigenvalue weighted by Gasteiger charge is -2.23. The van der Waals surface area contributed by atoms with Crippen LogP contribution in [-0.4, -0.2) is 18.4 Å². The summed E-state index contributed by atoms with van der Waals surface area (Å²) in [7, 11) is 0. The SMILES string of the molecule is O=C1COc2c(cc(C(F)(F)F)cc2NC(=O)C23CC2C3)N1. The Hall–Kier alpha value is -2.25. The van der Waals surface area contributed by atoms with Gasteiger partial charge in [0.05, 0.1) is 22.4 Å². The molecule has 1 aliphatic heterocycles. The summed E-state index contributed by atoms with van der Waals surface area (Å²) in [5.41, 5.74) is -1.46. The van der Waals surface area contributed by atoms with Gasteiger partial charge in [-0.05, 0) is 30.9 Å². The average Bonchev–Trinajstić information content (AvgIpc) is 3.25. The maximum absolute atomic E-state index is 13.0. The standard InChI is InChI=1S/C14H11F3N2O3/c15-14(16,17)6-1-8-11(22-5-10(20)18-8)9(2-6)19-12(21)13-3-7(13)4-13/h1-2,7H,3-5H2,(H,18,20)(H,19,21). The van der Waals surface area contributed by atoms with E-state index in [1.807, 2.05) is 0 Å². The number of halogens is 3. The van der Waals surface area contributed by atoms with E-state index in [9.17, 15) is 22.8 Å². The lowest BCUT2D eigenvalue weighted by atomic mass is 10.1. The third kappa shape index (κ3) is 1.93. The minimum atomic E-state index is -4.59. The number of benzene rings is 1. The van der Waals surface area contributed by atoms with Gasteiger partial charge in [0.2, 0.25) is 5.91 Å². The van der Waals surface area contributed by atoms with Crippen molar-refractivity contribution in [3.63, 3.8) is 0 Å². The molecular weight excluding hydrogens is 301 g/mol. The molecule has 0 saturated heterocycles. The summed E-state index contributed by atoms with van der Waals surface area (Å²) in [4.78, 5) is 23.4. The maximum Gasteiger partial charge on any atom is 0.416 e. The fourth-order valence-corrected chi connectivity index (χ4v) is 2.78. The normalized spacial score (nSPS) is 28.0. The molecule has 2 saturated carbocycles. The number of anilines is 2. The van der Waals surface area contributed by atoms with Crippen LogP contribution in [0.4, 0.5) is 24.5 Å². The zero-order chi connectivity index (χ0) is 15.7. The third-order valence-electron chi connectivity index (χ3n) is 4.42. The molecule has 2 aliphatic carbocycles. The summed E-state index contributed by atoms with van der Waals surface area (Å²) in [5.74, 6) is -0.378. The molecule has 1 heterocycles. The summed E-state index contributed by atoms with van der Waals surface area (Å²) in [6.07, 6.45) is -3.01. The molecule has 0 spiro atoms. The molecule has 22 heavy (non-hydrogen) atoms. The number of hydrogen-bond acceptors (Lipinski definition) is 3. The molecule has 4 rings (SSSR count). The Morgan fingerprint density at radius 3 is 2.64 bits per heavy atom. The Morgan fingerprint density at radius 1 is 1.36 bits per heavy atom. The molecule has 0 bridgehead atoms. The summed E-state index contributed by atoms with van der Waals surface area (Å²) < 4.78 is 44.1. The van der Waals surface area contributed by atoms with Crippen LogP contribution in [0.2, 0.25) is 0 Å². The number of amides is 2. The van der Waals surface area contributed by atoms with E-state index in [1.165, 1.54) is 0 Å². The highest BCUT2D eigenvalue weighted by Crippen LogP contribution is 2.75. The van der Waals surface area contributed by atoms with Crippen molar-refractivity contribution < 1.29 is 27.5 Å². The maximum atomic E-state index is 13.0. The van der Waals surface area contributed by atoms with Crippen LogP contribution < -0.4 is 15.4 Å². The van der Waals surface area contributed by atoms with Crippen molar-refractivity contribution in [3.8, 4) is 5.75 Å². The van der Waals surface area contributed by atoms with E-state index in [0.717, 1.165) is 25.0 Å². The largest absolute Gasteiger partial charge is 0.479 e. The summed E-state index contributed by atoms with van der Waals surface area (Å²) >= 11 is 0. The lowest BCUT2D eigenvalue weighted by molar-refractivity contribution is -0.137. The van der Waals surface area contributed by atoms with E-state index in [2.05, 4.69) is 10.6 Å². The van der Waals surface area contributed by atoms with Gasteiger partial charge in [-0.3, -0.25) is 9.59 Å². The number of fused-ring (bicyclic) bond motifs is 2. The Balaban J connectivity index is 1.72. The van der Waals surface area contributed by atoms with Crippen LogP contribution >= 0.6 is 0 Å². The second kappa shape index (κ2) is 3.93. The van der Waals surface area contributed by atoms with Gasteiger partial charge in [-0.2, -0.15) is 13.2 Å². The predicted molar refractivity (Wildman–Crippen MR) is 69.4 cm³/mol. The van der Waals surface area contributed by atoms with E-state index in [0.29, 0.717) is 5.92 Å². The van der Waals surface area contributed by atoms with Crippen molar-refractivity contribution in [2.24, 2.45) is 11.3 Å². The van der Waals surface area contributed by atoms with Crippen LogP contribution in [0.3, 0.4) is 0 Å². The van der Waals surface area contributed by atoms with Crippen molar-refractivity contribution in [1.82, 2.24) is 0 Å². The molecule has 2 fully saturated rings. The predicted octanol–water partition coefficient (Wildman–Crippen LogP) is 2.38. The first-order valence-electron chi connectivity index (χ1n) is 6.79. The Bertz CT molecular complexity index is 708. The minimum absolute atomic E-state index is 0.0539. The molecule has 5 nitrogen and oxygen atoms in total. The molecule has 0 aromatic heterocycles. The van der Waals surface area contributed by atoms with E-state index >= 15 is 0 Å². The first-order chi connectivity index (χ1) is 10.3. The summed E-state index contributed by atoms with van der Waals surface area (Å²) in [6, 6.07) is 1.64. The number of ether oxygens (including phenoxy) is 1. The van der Waals surface area contributed by atoms with Gasteiger partial charge in [0.1, 0.15) is 0 Å². The van der Waals surface area contributed by atoms with Crippen molar-refractivity contribution in [2.45, 2.75) is 19.0 Å². The van der Waals surface area contributed by atoms with Crippen molar-refractivity contribution in [2.75, 3.05) is 17.2 Å². The van der Waals surface area contributed by atoms with Gasteiger partial charge in [0.25, 0.3) is 5.91 Å². The molecule has 0 atom stereocenters. The van der Waals surface area contributed by atoms with Crippen molar-refractivity contribution in [3.05, 3.63) is 17.7 Å². The summed E-state index contributed by atoms with van der Waals surface area (Å²) in [5, 5.41) is 4.86. The van der Waals surface area contributed by atoms with Crippen LogP contribution in [0.15, 0.2) is 12.1 Å². The van der Waals surface area contributed by atoms with Gasteiger partial charge in [-0.1, -0.05) is 0 Å². The molecule has 0 unspecified atom stereocenters. The molecule has 2 N–H and O–H groups in total. The smallest absolute Gasteiger partial charge is 0.416 e. The molecule has 1 aromatic rings. The van der Waals surface area contributed by atoms with Crippen LogP contribution in [0.25, 0.3) is 0 Å². The highest BCUT2D eigenvalue weighted by molar-refractivity contribution is 6.04. The van der Waals surface area contributed by atoms with E-state index < -0.39 is 17.6 Å². The molecular formula is C14H11F3N2O3. The van der Waals surface area contributed by atoms with E-state index in [-0.39, 0.29) is 35.1 Å². The Kier molecular flexibility index (Phi) is 2.40. The molecule has 0 radical (unpaired) electrons. The van der Waals surface area contributed by atoms with Crippen LogP contribution in [-0.2, 0) is 15.8 Å². The number of nitrogens with one attached hydrogen (secondary N) is 2. The van der Waals surface area contributed by atoms with Crippen molar-refractivity contribution in [1.29, 1.82) is 0 Å². The molecule has 3 aliphatic rings. The Labute approximate surface area is 122 Å². The van der Waals surface area contributed by atoms with Crippen LogP contribution in [0, 0.1) is 11.3 Å². The van der Waals surface area contributed by atoms with Gasteiger partial charge in [0.15, 0.2) is 12.4 Å². The average molecular weight is 312 g/mol. The monoisotopic (exact) mass is 312 g/mol. The zero-order valence-corrected chi connectivity index (χ0v) is 11.2. The number of alkyl halides is 3. The lowest BCUT2D eigenvalue weighted by Crippen LogP contribution is -2.27. The number of rotatable bonds is 2. The van der Waals surface area contributed by atoms with E-state index in [4.69, 9.17) is 4.74 Å². The highest BCUT2D eigenvalue weighted by Gasteiger charge is 2.74. The Morgan fingerprint density at radius 2 is 2.05 bits per heavy atom. The molecule has 2 amide bonds. The first kappa shape index (κ1) is 13.4. The van der Waals surface area contributed by atoms with E-state index in [1.54, 1.807) is 0 Å². The second-order valence-corrected chi connectivity index (χ2v) is 5.95. The highest BCUT2D eigenvalue weighted by atomic mass is 19.4. The van der Waals surface area contributed by atoms with Crippen LogP contribution in [0.5, 0.6) is 5.75 Å². The molecule has 116 valence electrons. The topological polar surface area (TPSA) is 67.4 Å². The number of carbonyl (C=O) groups excluding carboxylic acids is 2. The number of hydrogen-bond donors (Lipinski definition) is 2. The molecule has 8 heteroatoms. The van der Waals surface area contributed by atoms with Gasteiger partial charge < -0.3 is 15.4 Å². The third-order valence-corrected chi connectivity index (χ3v) is 4.42. The van der Waals surface area contributed by atoms with Gasteiger partial charge in [0, 0.05) is 0 Å².